The van der Waals surface area contributed by atoms with Gasteiger partial charge >= 0.3 is 0 Å². The first-order valence-corrected chi connectivity index (χ1v) is 6.82. The van der Waals surface area contributed by atoms with Crippen molar-refractivity contribution < 1.29 is 0 Å². The third kappa shape index (κ3) is 1.87. The molecule has 1 heterocycles. The summed E-state index contributed by atoms with van der Waals surface area (Å²) in [5.41, 5.74) is 8.25. The minimum absolute atomic E-state index is 0.860. The fraction of sp³-hybridized carbons (Fsp3) is 0.375. The normalized spacial score (nSPS) is 18.9. The zero-order valence-corrected chi connectivity index (χ0v) is 11.0. The highest BCUT2D eigenvalue weighted by molar-refractivity contribution is 5.95. The van der Waals surface area contributed by atoms with E-state index < -0.39 is 0 Å². The Bertz CT molecular complexity index is 568. The zero-order chi connectivity index (χ0) is 12.6. The predicted octanol–water partition coefficient (Wildman–Crippen LogP) is 3.54. The third-order valence-corrected chi connectivity index (χ3v) is 4.27. The van der Waals surface area contributed by atoms with Gasteiger partial charge in [-0.3, -0.25) is 4.48 Å². The lowest BCUT2D eigenvalue weighted by Gasteiger charge is -2.38. The van der Waals surface area contributed by atoms with Gasteiger partial charge < -0.3 is 5.73 Å². The maximum atomic E-state index is 5.96. The molecule has 2 aromatic rings. The molecule has 0 saturated carbocycles. The number of nitrogens with two attached hydrogens (primary N) is 1. The van der Waals surface area contributed by atoms with Gasteiger partial charge in [-0.05, 0) is 42.8 Å². The summed E-state index contributed by atoms with van der Waals surface area (Å²) < 4.78 is 1.06. The molecule has 0 aromatic heterocycles. The van der Waals surface area contributed by atoms with E-state index in [0.717, 1.165) is 10.2 Å². The molecule has 0 aliphatic carbocycles. The molecule has 94 valence electrons. The summed E-state index contributed by atoms with van der Waals surface area (Å²) >= 11 is 0. The molecule has 0 spiro atoms. The topological polar surface area (TPSA) is 26.0 Å². The van der Waals surface area contributed by atoms with Crippen molar-refractivity contribution in [3.63, 3.8) is 0 Å². The van der Waals surface area contributed by atoms with Crippen LogP contribution >= 0.6 is 0 Å². The molecule has 2 nitrogen and oxygen atoms in total. The average Bonchev–Trinajstić information content (AvgIpc) is 2.38. The largest absolute Gasteiger partial charge is 0.399 e. The molecule has 1 aliphatic rings. The van der Waals surface area contributed by atoms with Gasteiger partial charge in [0.05, 0.1) is 20.1 Å². The van der Waals surface area contributed by atoms with Gasteiger partial charge in [-0.2, -0.15) is 0 Å². The van der Waals surface area contributed by atoms with Crippen LogP contribution in [0.15, 0.2) is 36.4 Å². The van der Waals surface area contributed by atoms with Crippen molar-refractivity contribution >= 4 is 22.1 Å². The fourth-order valence-corrected chi connectivity index (χ4v) is 3.20. The van der Waals surface area contributed by atoms with Gasteiger partial charge in [0.25, 0.3) is 0 Å². The smallest absolute Gasteiger partial charge is 0.140 e. The van der Waals surface area contributed by atoms with Crippen LogP contribution in [-0.4, -0.2) is 20.1 Å². The van der Waals surface area contributed by atoms with E-state index >= 15 is 0 Å². The average molecular weight is 241 g/mol. The molecule has 2 aromatic carbocycles. The lowest BCUT2D eigenvalue weighted by molar-refractivity contribution is 0.276. The van der Waals surface area contributed by atoms with E-state index in [0.29, 0.717) is 0 Å². The summed E-state index contributed by atoms with van der Waals surface area (Å²) in [5.74, 6) is 0. The van der Waals surface area contributed by atoms with Gasteiger partial charge in [-0.25, -0.2) is 0 Å². The number of anilines is 1. The highest BCUT2D eigenvalue weighted by Crippen LogP contribution is 2.34. The Morgan fingerprint density at radius 1 is 1.00 bits per heavy atom. The Kier molecular flexibility index (Phi) is 2.75. The van der Waals surface area contributed by atoms with Crippen LogP contribution in [0.3, 0.4) is 0 Å². The van der Waals surface area contributed by atoms with E-state index in [1.165, 1.54) is 48.8 Å². The molecule has 0 amide bonds. The second kappa shape index (κ2) is 4.29. The molecule has 1 aliphatic heterocycles. The molecule has 0 bridgehead atoms. The summed E-state index contributed by atoms with van der Waals surface area (Å²) in [7, 11) is 2.36. The Hall–Kier alpha value is -1.54. The molecule has 0 atom stereocenters. The van der Waals surface area contributed by atoms with Crippen LogP contribution in [0.5, 0.6) is 0 Å². The van der Waals surface area contributed by atoms with Crippen LogP contribution < -0.4 is 10.2 Å². The van der Waals surface area contributed by atoms with Crippen LogP contribution in [0.4, 0.5) is 11.4 Å². The van der Waals surface area contributed by atoms with Crippen molar-refractivity contribution in [1.29, 1.82) is 0 Å². The molecular formula is C16H21N2+. The Balaban J connectivity index is 2.18. The molecule has 2 heteroatoms. The van der Waals surface area contributed by atoms with Gasteiger partial charge in [0.15, 0.2) is 0 Å². The second-order valence-electron chi connectivity index (χ2n) is 5.66. The minimum Gasteiger partial charge on any atom is -0.399 e. The standard InChI is InChI=1S/C16H21N2/c1-18(10-3-2-4-11-18)16-7-5-6-13-8-9-14(17)12-15(13)16/h5-9,12H,2-4,10-11,17H2,1H3/q+1. The number of hydrogen-bond acceptors (Lipinski definition) is 1. The molecule has 3 rings (SSSR count). The van der Waals surface area contributed by atoms with Crippen molar-refractivity contribution in [3.05, 3.63) is 36.4 Å². The number of nitrogen functional groups attached to an aromatic ring is 1. The number of benzene rings is 2. The minimum atomic E-state index is 0.860. The van der Waals surface area contributed by atoms with Gasteiger partial charge in [0, 0.05) is 11.1 Å². The van der Waals surface area contributed by atoms with Gasteiger partial charge in [0.2, 0.25) is 0 Å². The summed E-state index contributed by atoms with van der Waals surface area (Å²) in [6.45, 7) is 2.49. The zero-order valence-electron chi connectivity index (χ0n) is 11.0. The lowest BCUT2D eigenvalue weighted by atomic mass is 10.0. The number of rotatable bonds is 1. The summed E-state index contributed by atoms with van der Waals surface area (Å²) in [4.78, 5) is 0. The van der Waals surface area contributed by atoms with Gasteiger partial charge in [0.1, 0.15) is 5.69 Å². The molecular weight excluding hydrogens is 220 g/mol. The lowest BCUT2D eigenvalue weighted by Crippen LogP contribution is -2.49. The van der Waals surface area contributed by atoms with E-state index in [2.05, 4.69) is 37.4 Å². The number of quaternary nitrogens is 1. The van der Waals surface area contributed by atoms with Crippen molar-refractivity contribution in [3.8, 4) is 0 Å². The number of likely N-dealkylation sites (tertiary alicyclic amines) is 1. The molecule has 18 heavy (non-hydrogen) atoms. The summed E-state index contributed by atoms with van der Waals surface area (Å²) in [6.07, 6.45) is 4.03. The van der Waals surface area contributed by atoms with Crippen molar-refractivity contribution in [2.24, 2.45) is 0 Å². The summed E-state index contributed by atoms with van der Waals surface area (Å²) in [5, 5.41) is 2.62. The molecule has 1 saturated heterocycles. The molecule has 1 fully saturated rings. The van der Waals surface area contributed by atoms with Gasteiger partial charge in [-0.15, -0.1) is 0 Å². The van der Waals surface area contributed by atoms with Crippen molar-refractivity contribution in [2.45, 2.75) is 19.3 Å². The van der Waals surface area contributed by atoms with Crippen LogP contribution in [0.2, 0.25) is 0 Å². The van der Waals surface area contributed by atoms with Crippen LogP contribution in [0, 0.1) is 0 Å². The quantitative estimate of drug-likeness (QED) is 0.600. The van der Waals surface area contributed by atoms with E-state index in [4.69, 9.17) is 5.73 Å². The Labute approximate surface area is 109 Å². The van der Waals surface area contributed by atoms with E-state index in [9.17, 15) is 0 Å². The first kappa shape index (κ1) is 11.5. The van der Waals surface area contributed by atoms with Crippen LogP contribution in [-0.2, 0) is 0 Å². The number of hydrogen-bond donors (Lipinski definition) is 1. The van der Waals surface area contributed by atoms with Gasteiger partial charge in [-0.1, -0.05) is 18.2 Å². The van der Waals surface area contributed by atoms with E-state index in [-0.39, 0.29) is 0 Å². The van der Waals surface area contributed by atoms with E-state index in [1.54, 1.807) is 0 Å². The maximum absolute atomic E-state index is 5.96. The fourth-order valence-electron chi connectivity index (χ4n) is 3.20. The number of piperidine rings is 1. The highest BCUT2D eigenvalue weighted by atomic mass is 15.3. The third-order valence-electron chi connectivity index (χ3n) is 4.27. The Morgan fingerprint density at radius 3 is 2.56 bits per heavy atom. The highest BCUT2D eigenvalue weighted by Gasteiger charge is 2.28. The van der Waals surface area contributed by atoms with Crippen LogP contribution in [0.1, 0.15) is 19.3 Å². The van der Waals surface area contributed by atoms with Crippen molar-refractivity contribution in [2.75, 3.05) is 25.9 Å². The Morgan fingerprint density at radius 2 is 1.78 bits per heavy atom. The predicted molar refractivity (Wildman–Crippen MR) is 79.7 cm³/mol. The second-order valence-corrected chi connectivity index (χ2v) is 5.66. The number of nitrogens with zero attached hydrogens (tertiary/aromatic N) is 1. The molecule has 0 unspecified atom stereocenters. The van der Waals surface area contributed by atoms with Crippen molar-refractivity contribution in [1.82, 2.24) is 4.48 Å². The van der Waals surface area contributed by atoms with E-state index in [1.807, 2.05) is 6.07 Å². The first-order chi connectivity index (χ1) is 8.69. The first-order valence-electron chi connectivity index (χ1n) is 6.82. The van der Waals surface area contributed by atoms with Crippen LogP contribution in [0.25, 0.3) is 10.8 Å². The number of fused-ring (bicyclic) bond motifs is 1. The maximum Gasteiger partial charge on any atom is 0.140 e. The summed E-state index contributed by atoms with van der Waals surface area (Å²) in [6, 6.07) is 12.9. The monoisotopic (exact) mass is 241 g/mol. The molecule has 0 radical (unpaired) electrons. The molecule has 2 N–H and O–H groups in total. The SMILES string of the molecule is C[N+]1(c2cccc3ccc(N)cc23)CCCCC1.